The highest BCUT2D eigenvalue weighted by atomic mass is 19.2. The molecule has 2 saturated heterocycles. The number of nitrogens with one attached hydrogen (secondary N) is 1. The summed E-state index contributed by atoms with van der Waals surface area (Å²) in [6, 6.07) is 9.14. The van der Waals surface area contributed by atoms with Gasteiger partial charge < -0.3 is 20.7 Å². The summed E-state index contributed by atoms with van der Waals surface area (Å²) in [6.07, 6.45) is 6.27. The van der Waals surface area contributed by atoms with Gasteiger partial charge in [0.05, 0.1) is 18.0 Å². The van der Waals surface area contributed by atoms with E-state index < -0.39 is 17.5 Å². The molecule has 6 rings (SSSR count). The number of nitrogens with zero attached hydrogens (tertiary/aromatic N) is 6. The number of allylic oxidation sites excluding steroid dienone is 1. The topological polar surface area (TPSA) is 135 Å². The van der Waals surface area contributed by atoms with Crippen LogP contribution in [0.15, 0.2) is 54.4 Å². The Labute approximate surface area is 250 Å². The minimum Gasteiger partial charge on any atom is -0.454 e. The lowest BCUT2D eigenvalue weighted by Crippen LogP contribution is -2.39. The number of nitriles is 1. The van der Waals surface area contributed by atoms with Gasteiger partial charge in [0.1, 0.15) is 41.0 Å². The normalized spacial score (nSPS) is 17.6. The fourth-order valence-electron chi connectivity index (χ4n) is 5.84. The van der Waals surface area contributed by atoms with E-state index in [2.05, 4.69) is 26.5 Å². The van der Waals surface area contributed by atoms with Crippen molar-refractivity contribution in [2.45, 2.75) is 38.3 Å². The number of benzene rings is 2. The molecule has 2 aromatic carbocycles. The molecule has 4 heterocycles. The van der Waals surface area contributed by atoms with E-state index in [1.165, 1.54) is 30.6 Å². The predicted molar refractivity (Wildman–Crippen MR) is 156 cm³/mol. The average molecular weight is 603 g/mol. The molecule has 44 heavy (non-hydrogen) atoms. The summed E-state index contributed by atoms with van der Waals surface area (Å²) in [5.74, 6) is -3.49. The number of halogens is 3. The molecule has 2 aromatic heterocycles. The SMILES string of the molecule is N#C/C(=C\C1CCNCC1)C(=O)N1CCC[C@@H]1Cn1nc(-c2ccc(Oc3cccc(F)c3F)cc2F)c2c(N)ncnc21. The van der Waals surface area contributed by atoms with E-state index in [4.69, 9.17) is 10.5 Å². The van der Waals surface area contributed by atoms with Gasteiger partial charge in [0.15, 0.2) is 17.2 Å². The second-order valence-electron chi connectivity index (χ2n) is 10.9. The minimum atomic E-state index is -1.19. The lowest BCUT2D eigenvalue weighted by molar-refractivity contribution is -0.127. The molecule has 0 saturated carbocycles. The van der Waals surface area contributed by atoms with E-state index in [1.54, 1.807) is 15.7 Å². The van der Waals surface area contributed by atoms with Crippen LogP contribution in [0.2, 0.25) is 0 Å². The van der Waals surface area contributed by atoms with Crippen LogP contribution >= 0.6 is 0 Å². The van der Waals surface area contributed by atoms with E-state index in [-0.39, 0.29) is 58.6 Å². The molecule has 0 radical (unpaired) electrons. The summed E-state index contributed by atoms with van der Waals surface area (Å²) >= 11 is 0. The van der Waals surface area contributed by atoms with Gasteiger partial charge in [-0.15, -0.1) is 0 Å². The summed E-state index contributed by atoms with van der Waals surface area (Å²) in [6.45, 7) is 2.44. The molecule has 1 atom stereocenters. The van der Waals surface area contributed by atoms with Crippen molar-refractivity contribution < 1.29 is 22.7 Å². The quantitative estimate of drug-likeness (QED) is 0.229. The van der Waals surface area contributed by atoms with E-state index in [1.807, 2.05) is 0 Å². The Morgan fingerprint density at radius 2 is 1.95 bits per heavy atom. The first-order chi connectivity index (χ1) is 21.3. The molecule has 13 heteroatoms. The molecule has 226 valence electrons. The van der Waals surface area contributed by atoms with Gasteiger partial charge in [-0.3, -0.25) is 4.79 Å². The summed E-state index contributed by atoms with van der Waals surface area (Å²) in [5, 5.41) is 18.1. The predicted octanol–water partition coefficient (Wildman–Crippen LogP) is 4.73. The Bertz CT molecular complexity index is 1790. The molecule has 0 aliphatic carbocycles. The van der Waals surface area contributed by atoms with E-state index in [0.29, 0.717) is 24.0 Å². The van der Waals surface area contributed by atoms with Gasteiger partial charge >= 0.3 is 0 Å². The van der Waals surface area contributed by atoms with Gasteiger partial charge in [0.25, 0.3) is 5.91 Å². The van der Waals surface area contributed by atoms with Crippen molar-refractivity contribution in [3.05, 3.63) is 71.8 Å². The standard InChI is InChI=1S/C31H29F3N8O2/c32-23-4-1-5-25(27(23)34)44-21-6-7-22(24(33)14-21)28-26-29(36)38-17-39-30(26)42(40-28)16-20-3-2-12-41(20)31(43)19(15-35)13-18-8-10-37-11-9-18/h1,4-7,13-14,17-18,20,37H,2-3,8-12,16H2,(H2,36,38,39)/b19-13+/t20-/m1/s1. The molecule has 2 aliphatic heterocycles. The number of hydrogen-bond donors (Lipinski definition) is 2. The highest BCUT2D eigenvalue weighted by Gasteiger charge is 2.33. The number of likely N-dealkylation sites (tertiary alicyclic amines) is 1. The molecule has 0 bridgehead atoms. The number of carbonyl (C=O) groups is 1. The molecule has 3 N–H and O–H groups in total. The Morgan fingerprint density at radius 1 is 1.14 bits per heavy atom. The maximum absolute atomic E-state index is 15.5. The van der Waals surface area contributed by atoms with Crippen LogP contribution < -0.4 is 15.8 Å². The highest BCUT2D eigenvalue weighted by molar-refractivity contribution is 5.99. The molecule has 2 aliphatic rings. The van der Waals surface area contributed by atoms with Crippen molar-refractivity contribution in [1.29, 1.82) is 5.26 Å². The lowest BCUT2D eigenvalue weighted by Gasteiger charge is -2.25. The Morgan fingerprint density at radius 3 is 2.73 bits per heavy atom. The number of anilines is 1. The van der Waals surface area contributed by atoms with Crippen LogP contribution in [-0.4, -0.2) is 56.2 Å². The van der Waals surface area contributed by atoms with Crippen LogP contribution in [-0.2, 0) is 11.3 Å². The Hall–Kier alpha value is -4.96. The number of ether oxygens (including phenoxy) is 1. The van der Waals surface area contributed by atoms with E-state index >= 15 is 4.39 Å². The number of carbonyl (C=O) groups excluding carboxylic acids is 1. The van der Waals surface area contributed by atoms with Gasteiger partial charge in [0, 0.05) is 18.2 Å². The van der Waals surface area contributed by atoms with Gasteiger partial charge in [0.2, 0.25) is 5.82 Å². The number of nitrogen functional groups attached to an aromatic ring is 1. The largest absolute Gasteiger partial charge is 0.454 e. The fourth-order valence-corrected chi connectivity index (χ4v) is 5.84. The molecule has 10 nitrogen and oxygen atoms in total. The van der Waals surface area contributed by atoms with Crippen LogP contribution in [0.5, 0.6) is 11.5 Å². The van der Waals surface area contributed by atoms with E-state index in [0.717, 1.165) is 44.5 Å². The van der Waals surface area contributed by atoms with Crippen molar-refractivity contribution in [2.24, 2.45) is 5.92 Å². The minimum absolute atomic E-state index is 0.0466. The van der Waals surface area contributed by atoms with Crippen molar-refractivity contribution in [2.75, 3.05) is 25.4 Å². The van der Waals surface area contributed by atoms with Crippen molar-refractivity contribution in [3.8, 4) is 28.8 Å². The van der Waals surface area contributed by atoms with Crippen LogP contribution in [0.25, 0.3) is 22.3 Å². The molecular weight excluding hydrogens is 573 g/mol. The lowest BCUT2D eigenvalue weighted by atomic mass is 9.95. The zero-order chi connectivity index (χ0) is 30.8. The molecule has 4 aromatic rings. The van der Waals surface area contributed by atoms with Crippen LogP contribution in [0.4, 0.5) is 19.0 Å². The maximum Gasteiger partial charge on any atom is 0.264 e. The van der Waals surface area contributed by atoms with Crippen molar-refractivity contribution >= 4 is 22.8 Å². The van der Waals surface area contributed by atoms with Crippen LogP contribution in [0, 0.1) is 34.7 Å². The molecule has 2 fully saturated rings. The third kappa shape index (κ3) is 5.68. The highest BCUT2D eigenvalue weighted by Crippen LogP contribution is 2.35. The number of amides is 1. The summed E-state index contributed by atoms with van der Waals surface area (Å²) < 4.78 is 50.2. The Kier molecular flexibility index (Phi) is 8.17. The monoisotopic (exact) mass is 602 g/mol. The third-order valence-corrected chi connectivity index (χ3v) is 8.06. The number of rotatable bonds is 7. The molecule has 0 spiro atoms. The number of piperidine rings is 1. The first-order valence-corrected chi connectivity index (χ1v) is 14.4. The van der Waals surface area contributed by atoms with Crippen molar-refractivity contribution in [1.82, 2.24) is 30.0 Å². The van der Waals surface area contributed by atoms with E-state index in [9.17, 15) is 18.8 Å². The second-order valence-corrected chi connectivity index (χ2v) is 10.9. The zero-order valence-electron chi connectivity index (χ0n) is 23.6. The maximum atomic E-state index is 15.5. The molecular formula is C31H29F3N8O2. The first kappa shape index (κ1) is 29.1. The number of hydrogen-bond acceptors (Lipinski definition) is 8. The second kappa shape index (κ2) is 12.3. The third-order valence-electron chi connectivity index (χ3n) is 8.06. The van der Waals surface area contributed by atoms with Crippen molar-refractivity contribution in [3.63, 3.8) is 0 Å². The fraction of sp³-hybridized carbons (Fsp3) is 0.323. The van der Waals surface area contributed by atoms with Crippen LogP contribution in [0.1, 0.15) is 25.7 Å². The Balaban J connectivity index is 1.29. The zero-order valence-corrected chi connectivity index (χ0v) is 23.6. The van der Waals surface area contributed by atoms with Gasteiger partial charge in [-0.1, -0.05) is 12.1 Å². The number of fused-ring (bicyclic) bond motifs is 1. The average Bonchev–Trinajstić information content (AvgIpc) is 3.64. The summed E-state index contributed by atoms with van der Waals surface area (Å²) in [7, 11) is 0. The molecule has 1 amide bonds. The van der Waals surface area contributed by atoms with Gasteiger partial charge in [-0.25, -0.2) is 23.4 Å². The summed E-state index contributed by atoms with van der Waals surface area (Å²) in [4.78, 5) is 23.6. The van der Waals surface area contributed by atoms with Gasteiger partial charge in [-0.05, 0) is 69.0 Å². The van der Waals surface area contributed by atoms with Crippen LogP contribution in [0.3, 0.4) is 0 Å². The first-order valence-electron chi connectivity index (χ1n) is 14.4. The smallest absolute Gasteiger partial charge is 0.264 e. The number of aromatic nitrogens is 4. The van der Waals surface area contributed by atoms with Gasteiger partial charge in [-0.2, -0.15) is 14.8 Å². The summed E-state index contributed by atoms with van der Waals surface area (Å²) in [5.41, 5.74) is 6.96. The molecule has 0 unspecified atom stereocenters. The number of nitrogens with two attached hydrogens (primary N) is 1.